The summed E-state index contributed by atoms with van der Waals surface area (Å²) >= 11 is 0. The number of hydrogen-bond acceptors (Lipinski definition) is 2. The molecule has 1 rings (SSSR count). The number of carbonyl (C=O) groups excluding carboxylic acids is 2. The van der Waals surface area contributed by atoms with Crippen molar-refractivity contribution < 1.29 is 9.59 Å². The van der Waals surface area contributed by atoms with Gasteiger partial charge >= 0.3 is 6.03 Å². The molecule has 2 atom stereocenters. The summed E-state index contributed by atoms with van der Waals surface area (Å²) in [6.07, 6.45) is 2.43. The summed E-state index contributed by atoms with van der Waals surface area (Å²) < 4.78 is 0. The van der Waals surface area contributed by atoms with Crippen molar-refractivity contribution in [3.05, 3.63) is 0 Å². The molecule has 1 aliphatic rings. The quantitative estimate of drug-likeness (QED) is 0.744. The van der Waals surface area contributed by atoms with Gasteiger partial charge in [-0.15, -0.1) is 0 Å². The standard InChI is InChI=1S/C11H21N3O2/c1-8-4-3-5-14(7-8)11(16)13-9(2)6-10(12)15/h8-9H,3-7H2,1-2H3,(H2,12,15)(H,13,16). The predicted molar refractivity (Wildman–Crippen MR) is 61.8 cm³/mol. The molecule has 0 aromatic heterocycles. The number of nitrogens with one attached hydrogen (secondary N) is 1. The van der Waals surface area contributed by atoms with Crippen LogP contribution < -0.4 is 11.1 Å². The van der Waals surface area contributed by atoms with E-state index < -0.39 is 0 Å². The highest BCUT2D eigenvalue weighted by atomic mass is 16.2. The van der Waals surface area contributed by atoms with Crippen LogP contribution in [0.2, 0.25) is 0 Å². The Morgan fingerprint density at radius 3 is 2.81 bits per heavy atom. The van der Waals surface area contributed by atoms with E-state index in [0.29, 0.717) is 5.92 Å². The Morgan fingerprint density at radius 1 is 1.56 bits per heavy atom. The molecule has 0 aromatic rings. The van der Waals surface area contributed by atoms with Crippen LogP contribution in [0.15, 0.2) is 0 Å². The van der Waals surface area contributed by atoms with Gasteiger partial charge in [-0.1, -0.05) is 6.92 Å². The van der Waals surface area contributed by atoms with Gasteiger partial charge < -0.3 is 16.0 Å². The van der Waals surface area contributed by atoms with Gasteiger partial charge in [0.1, 0.15) is 0 Å². The Bertz CT molecular complexity index is 268. The normalized spacial score (nSPS) is 22.6. The first kappa shape index (κ1) is 12.8. The molecule has 2 unspecified atom stereocenters. The molecule has 3 amide bonds. The maximum atomic E-state index is 11.8. The number of amides is 3. The van der Waals surface area contributed by atoms with E-state index >= 15 is 0 Å². The Hall–Kier alpha value is -1.26. The monoisotopic (exact) mass is 227 g/mol. The molecular formula is C11H21N3O2. The minimum absolute atomic E-state index is 0.0831. The minimum Gasteiger partial charge on any atom is -0.370 e. The maximum absolute atomic E-state index is 11.8. The fourth-order valence-corrected chi connectivity index (χ4v) is 2.03. The second-order valence-corrected chi connectivity index (χ2v) is 4.71. The van der Waals surface area contributed by atoms with Gasteiger partial charge in [0, 0.05) is 25.6 Å². The molecule has 92 valence electrons. The number of urea groups is 1. The van der Waals surface area contributed by atoms with Crippen LogP contribution in [-0.2, 0) is 4.79 Å². The highest BCUT2D eigenvalue weighted by Gasteiger charge is 2.21. The first-order valence-corrected chi connectivity index (χ1v) is 5.82. The largest absolute Gasteiger partial charge is 0.370 e. The maximum Gasteiger partial charge on any atom is 0.317 e. The van der Waals surface area contributed by atoms with E-state index in [4.69, 9.17) is 5.73 Å². The highest BCUT2D eigenvalue weighted by Crippen LogP contribution is 2.15. The van der Waals surface area contributed by atoms with E-state index in [1.807, 2.05) is 4.90 Å². The molecule has 0 saturated carbocycles. The molecule has 1 fully saturated rings. The Kier molecular flexibility index (Phi) is 4.58. The van der Waals surface area contributed by atoms with E-state index in [0.717, 1.165) is 19.5 Å². The molecule has 1 saturated heterocycles. The van der Waals surface area contributed by atoms with Crippen molar-refractivity contribution in [3.63, 3.8) is 0 Å². The van der Waals surface area contributed by atoms with E-state index in [-0.39, 0.29) is 24.4 Å². The van der Waals surface area contributed by atoms with Gasteiger partial charge in [-0.05, 0) is 25.7 Å². The first-order chi connectivity index (χ1) is 7.49. The molecule has 0 radical (unpaired) electrons. The molecule has 3 N–H and O–H groups in total. The van der Waals surface area contributed by atoms with Crippen molar-refractivity contribution in [2.75, 3.05) is 13.1 Å². The van der Waals surface area contributed by atoms with Gasteiger partial charge in [0.25, 0.3) is 0 Å². The molecule has 0 aliphatic carbocycles. The third kappa shape index (κ3) is 4.08. The number of hydrogen-bond donors (Lipinski definition) is 2. The van der Waals surface area contributed by atoms with Crippen LogP contribution >= 0.6 is 0 Å². The van der Waals surface area contributed by atoms with Crippen LogP contribution in [0.3, 0.4) is 0 Å². The van der Waals surface area contributed by atoms with Gasteiger partial charge in [0.05, 0.1) is 0 Å². The van der Waals surface area contributed by atoms with Crippen LogP contribution in [0.1, 0.15) is 33.1 Å². The molecule has 5 heteroatoms. The van der Waals surface area contributed by atoms with E-state index in [9.17, 15) is 9.59 Å². The van der Waals surface area contributed by atoms with Crippen molar-refractivity contribution in [1.82, 2.24) is 10.2 Å². The summed E-state index contributed by atoms with van der Waals surface area (Å²) in [5.41, 5.74) is 5.07. The predicted octanol–water partition coefficient (Wildman–Crippen LogP) is 0.692. The van der Waals surface area contributed by atoms with Crippen LogP contribution in [0, 0.1) is 5.92 Å². The molecular weight excluding hydrogens is 206 g/mol. The SMILES string of the molecule is CC1CCCN(C(=O)NC(C)CC(N)=O)C1. The van der Waals surface area contributed by atoms with Gasteiger partial charge in [-0.3, -0.25) is 4.79 Å². The fourth-order valence-electron chi connectivity index (χ4n) is 2.03. The summed E-state index contributed by atoms with van der Waals surface area (Å²) in [5, 5.41) is 2.79. The van der Waals surface area contributed by atoms with Crippen LogP contribution in [0.4, 0.5) is 4.79 Å². The summed E-state index contributed by atoms with van der Waals surface area (Å²) in [6, 6.07) is -0.275. The number of nitrogens with two attached hydrogens (primary N) is 1. The van der Waals surface area contributed by atoms with E-state index in [2.05, 4.69) is 12.2 Å². The van der Waals surface area contributed by atoms with Crippen molar-refractivity contribution in [2.24, 2.45) is 11.7 Å². The number of carbonyl (C=O) groups is 2. The van der Waals surface area contributed by atoms with Gasteiger partial charge in [-0.25, -0.2) is 4.79 Å². The lowest BCUT2D eigenvalue weighted by Gasteiger charge is -2.31. The third-order valence-corrected chi connectivity index (χ3v) is 2.82. The van der Waals surface area contributed by atoms with Crippen LogP contribution in [0.5, 0.6) is 0 Å². The zero-order chi connectivity index (χ0) is 12.1. The van der Waals surface area contributed by atoms with E-state index in [1.165, 1.54) is 6.42 Å². The second kappa shape index (κ2) is 5.72. The average molecular weight is 227 g/mol. The zero-order valence-corrected chi connectivity index (χ0v) is 10.0. The summed E-state index contributed by atoms with van der Waals surface area (Å²) in [6.45, 7) is 5.54. The number of rotatable bonds is 3. The van der Waals surface area contributed by atoms with Crippen molar-refractivity contribution in [3.8, 4) is 0 Å². The molecule has 0 bridgehead atoms. The minimum atomic E-state index is -0.389. The number of piperidine rings is 1. The highest BCUT2D eigenvalue weighted by molar-refractivity contribution is 5.77. The van der Waals surface area contributed by atoms with Crippen molar-refractivity contribution in [1.29, 1.82) is 0 Å². The van der Waals surface area contributed by atoms with Crippen molar-refractivity contribution >= 4 is 11.9 Å². The van der Waals surface area contributed by atoms with Crippen LogP contribution in [-0.4, -0.2) is 36.0 Å². The molecule has 16 heavy (non-hydrogen) atoms. The third-order valence-electron chi connectivity index (χ3n) is 2.82. The van der Waals surface area contributed by atoms with Gasteiger partial charge in [-0.2, -0.15) is 0 Å². The lowest BCUT2D eigenvalue weighted by molar-refractivity contribution is -0.118. The van der Waals surface area contributed by atoms with Gasteiger partial charge in [0.2, 0.25) is 5.91 Å². The fraction of sp³-hybridized carbons (Fsp3) is 0.818. The molecule has 1 heterocycles. The zero-order valence-electron chi connectivity index (χ0n) is 10.0. The first-order valence-electron chi connectivity index (χ1n) is 5.82. The number of primary amides is 1. The second-order valence-electron chi connectivity index (χ2n) is 4.71. The Balaban J connectivity index is 2.36. The molecule has 1 aliphatic heterocycles. The Labute approximate surface area is 96.4 Å². The average Bonchev–Trinajstić information content (AvgIpc) is 2.16. The Morgan fingerprint density at radius 2 is 2.25 bits per heavy atom. The van der Waals surface area contributed by atoms with Crippen molar-refractivity contribution in [2.45, 2.75) is 39.2 Å². The van der Waals surface area contributed by atoms with E-state index in [1.54, 1.807) is 6.92 Å². The lowest BCUT2D eigenvalue weighted by Crippen LogP contribution is -2.48. The van der Waals surface area contributed by atoms with Crippen LogP contribution in [0.25, 0.3) is 0 Å². The molecule has 5 nitrogen and oxygen atoms in total. The lowest BCUT2D eigenvalue weighted by atomic mass is 10.0. The summed E-state index contributed by atoms with van der Waals surface area (Å²) in [5.74, 6) is 0.172. The number of likely N-dealkylation sites (tertiary alicyclic amines) is 1. The molecule has 0 aromatic carbocycles. The topological polar surface area (TPSA) is 75.4 Å². The smallest absolute Gasteiger partial charge is 0.317 e. The summed E-state index contributed by atoms with van der Waals surface area (Å²) in [4.78, 5) is 24.3. The van der Waals surface area contributed by atoms with Gasteiger partial charge in [0.15, 0.2) is 0 Å². The summed E-state index contributed by atoms with van der Waals surface area (Å²) in [7, 11) is 0. The number of nitrogens with zero attached hydrogens (tertiary/aromatic N) is 1. The molecule has 0 spiro atoms.